The Morgan fingerprint density at radius 3 is 2.68 bits per heavy atom. The molecular weight excluding hydrogens is 392 g/mol. The van der Waals surface area contributed by atoms with Crippen LogP contribution in [-0.2, 0) is 10.0 Å². The van der Waals surface area contributed by atoms with E-state index in [9.17, 15) is 8.42 Å². The zero-order chi connectivity index (χ0) is 15.6. The molecule has 0 saturated carbocycles. The minimum Gasteiger partial charge on any atom is -0.496 e. The van der Waals surface area contributed by atoms with Crippen LogP contribution in [0.15, 0.2) is 27.6 Å². The van der Waals surface area contributed by atoms with Crippen molar-refractivity contribution in [1.29, 1.82) is 0 Å². The predicted octanol–water partition coefficient (Wildman–Crippen LogP) is 2.63. The maximum atomic E-state index is 12.7. The van der Waals surface area contributed by atoms with Crippen LogP contribution in [0.25, 0.3) is 0 Å². The number of hydrogen-bond donors (Lipinski definition) is 1. The van der Waals surface area contributed by atoms with Crippen molar-refractivity contribution in [2.75, 3.05) is 20.2 Å². The van der Waals surface area contributed by atoms with E-state index in [-0.39, 0.29) is 29.3 Å². The van der Waals surface area contributed by atoms with Crippen LogP contribution in [-0.4, -0.2) is 39.0 Å². The van der Waals surface area contributed by atoms with E-state index in [1.54, 1.807) is 29.6 Å². The lowest BCUT2D eigenvalue weighted by Crippen LogP contribution is -2.44. The van der Waals surface area contributed by atoms with Crippen LogP contribution < -0.4 is 10.5 Å². The van der Waals surface area contributed by atoms with Crippen LogP contribution in [0.5, 0.6) is 5.75 Å². The second-order valence-corrected chi connectivity index (χ2v) is 8.21. The number of hydrogen-bond acceptors (Lipinski definition) is 4. The molecule has 0 spiro atoms. The second kappa shape index (κ2) is 7.97. The van der Waals surface area contributed by atoms with Crippen molar-refractivity contribution in [3.63, 3.8) is 0 Å². The normalized spacial score (nSPS) is 21.0. The number of methoxy groups -OCH3 is 1. The first-order valence-electron chi connectivity index (χ1n) is 6.95. The topological polar surface area (TPSA) is 72.6 Å². The molecule has 0 bridgehead atoms. The fourth-order valence-corrected chi connectivity index (χ4v) is 4.83. The van der Waals surface area contributed by atoms with E-state index in [0.717, 1.165) is 12.8 Å². The number of sulfonamides is 1. The molecule has 0 radical (unpaired) electrons. The molecule has 1 aliphatic rings. The van der Waals surface area contributed by atoms with Gasteiger partial charge in [0.05, 0.1) is 16.5 Å². The second-order valence-electron chi connectivity index (χ2n) is 5.42. The number of halogens is 2. The summed E-state index contributed by atoms with van der Waals surface area (Å²) < 4.78 is 32.8. The first kappa shape index (κ1) is 19.7. The van der Waals surface area contributed by atoms with Crippen molar-refractivity contribution in [3.8, 4) is 5.75 Å². The smallest absolute Gasteiger partial charge is 0.243 e. The molecule has 1 aromatic rings. The summed E-state index contributed by atoms with van der Waals surface area (Å²) in [7, 11) is -1.94. The highest BCUT2D eigenvalue weighted by Crippen LogP contribution is 2.30. The lowest BCUT2D eigenvalue weighted by atomic mass is 9.93. The molecule has 0 aromatic heterocycles. The summed E-state index contributed by atoms with van der Waals surface area (Å²) in [5, 5.41) is 0. The van der Waals surface area contributed by atoms with Crippen LogP contribution in [0.3, 0.4) is 0 Å². The molecule has 1 saturated heterocycles. The van der Waals surface area contributed by atoms with Gasteiger partial charge in [0.1, 0.15) is 5.75 Å². The minimum absolute atomic E-state index is 0. The van der Waals surface area contributed by atoms with Gasteiger partial charge in [-0.05, 0) is 59.8 Å². The molecule has 2 rings (SSSR count). The molecule has 2 atom stereocenters. The molecule has 0 amide bonds. The predicted molar refractivity (Wildman–Crippen MR) is 93.1 cm³/mol. The van der Waals surface area contributed by atoms with E-state index < -0.39 is 10.0 Å². The molecule has 1 aliphatic heterocycles. The Labute approximate surface area is 146 Å². The molecule has 126 valence electrons. The van der Waals surface area contributed by atoms with E-state index >= 15 is 0 Å². The molecule has 1 fully saturated rings. The lowest BCUT2D eigenvalue weighted by Gasteiger charge is -2.33. The molecule has 22 heavy (non-hydrogen) atoms. The SMILES string of the molecule is COc1ccc(S(=O)(=O)N2CCCC(C(C)N)C2)cc1Br.Cl. The molecule has 0 aliphatic carbocycles. The van der Waals surface area contributed by atoms with E-state index in [0.29, 0.717) is 23.3 Å². The molecule has 8 heteroatoms. The van der Waals surface area contributed by atoms with Crippen LogP contribution in [0, 0.1) is 5.92 Å². The van der Waals surface area contributed by atoms with Crippen molar-refractivity contribution < 1.29 is 13.2 Å². The fourth-order valence-electron chi connectivity index (χ4n) is 2.58. The van der Waals surface area contributed by atoms with Crippen molar-refractivity contribution >= 4 is 38.4 Å². The maximum absolute atomic E-state index is 12.7. The third kappa shape index (κ3) is 4.14. The molecule has 2 N–H and O–H groups in total. The van der Waals surface area contributed by atoms with E-state index in [2.05, 4.69) is 15.9 Å². The fraction of sp³-hybridized carbons (Fsp3) is 0.571. The Morgan fingerprint density at radius 2 is 2.14 bits per heavy atom. The van der Waals surface area contributed by atoms with Crippen molar-refractivity contribution in [3.05, 3.63) is 22.7 Å². The van der Waals surface area contributed by atoms with E-state index in [1.807, 2.05) is 6.92 Å². The van der Waals surface area contributed by atoms with Gasteiger partial charge in [-0.15, -0.1) is 12.4 Å². The average Bonchev–Trinajstić information content (AvgIpc) is 2.47. The van der Waals surface area contributed by atoms with Crippen molar-refractivity contribution in [1.82, 2.24) is 4.31 Å². The average molecular weight is 414 g/mol. The largest absolute Gasteiger partial charge is 0.496 e. The summed E-state index contributed by atoms with van der Waals surface area (Å²) in [5.41, 5.74) is 5.93. The summed E-state index contributed by atoms with van der Waals surface area (Å²) >= 11 is 3.33. The molecule has 2 unspecified atom stereocenters. The third-order valence-corrected chi connectivity index (χ3v) is 6.41. The molecule has 1 aromatic carbocycles. The number of benzene rings is 1. The standard InChI is InChI=1S/C14H21BrN2O3S.ClH/c1-10(16)11-4-3-7-17(9-11)21(18,19)12-5-6-14(20-2)13(15)8-12;/h5-6,8,10-11H,3-4,7,9,16H2,1-2H3;1H. The first-order chi connectivity index (χ1) is 9.86. The summed E-state index contributed by atoms with van der Waals surface area (Å²) in [6.45, 7) is 2.98. The summed E-state index contributed by atoms with van der Waals surface area (Å²) in [4.78, 5) is 0.278. The number of rotatable bonds is 4. The number of piperidine rings is 1. The highest BCUT2D eigenvalue weighted by Gasteiger charge is 2.31. The van der Waals surface area contributed by atoms with Crippen molar-refractivity contribution in [2.24, 2.45) is 11.7 Å². The van der Waals surface area contributed by atoms with Gasteiger partial charge >= 0.3 is 0 Å². The number of nitrogens with two attached hydrogens (primary N) is 1. The zero-order valence-corrected chi connectivity index (χ0v) is 15.9. The van der Waals surface area contributed by atoms with E-state index in [1.165, 1.54) is 0 Å². The first-order valence-corrected chi connectivity index (χ1v) is 9.19. The quantitative estimate of drug-likeness (QED) is 0.823. The maximum Gasteiger partial charge on any atom is 0.243 e. The third-order valence-electron chi connectivity index (χ3n) is 3.93. The van der Waals surface area contributed by atoms with Gasteiger partial charge < -0.3 is 10.5 Å². The number of nitrogens with zero attached hydrogens (tertiary/aromatic N) is 1. The van der Waals surface area contributed by atoms with Gasteiger partial charge in [-0.1, -0.05) is 0 Å². The van der Waals surface area contributed by atoms with Gasteiger partial charge in [-0.3, -0.25) is 0 Å². The lowest BCUT2D eigenvalue weighted by molar-refractivity contribution is 0.243. The van der Waals surface area contributed by atoms with Crippen LogP contribution >= 0.6 is 28.3 Å². The monoisotopic (exact) mass is 412 g/mol. The summed E-state index contributed by atoms with van der Waals surface area (Å²) in [6, 6.07) is 4.83. The summed E-state index contributed by atoms with van der Waals surface area (Å²) in [5.74, 6) is 0.830. The Balaban J connectivity index is 0.00000242. The van der Waals surface area contributed by atoms with Gasteiger partial charge in [0.2, 0.25) is 10.0 Å². The summed E-state index contributed by atoms with van der Waals surface area (Å²) in [6.07, 6.45) is 1.83. The Morgan fingerprint density at radius 1 is 1.45 bits per heavy atom. The minimum atomic E-state index is -3.48. The van der Waals surface area contributed by atoms with Crippen LogP contribution in [0.4, 0.5) is 0 Å². The Bertz CT molecular complexity index is 610. The molecular formula is C14H22BrClN2O3S. The van der Waals surface area contributed by atoms with Gasteiger partial charge in [-0.2, -0.15) is 4.31 Å². The molecule has 1 heterocycles. The van der Waals surface area contributed by atoms with Gasteiger partial charge in [0.25, 0.3) is 0 Å². The van der Waals surface area contributed by atoms with Crippen LogP contribution in [0.2, 0.25) is 0 Å². The number of ether oxygens (including phenoxy) is 1. The Kier molecular flexibility index (Phi) is 7.14. The zero-order valence-electron chi connectivity index (χ0n) is 12.7. The van der Waals surface area contributed by atoms with Gasteiger partial charge in [0, 0.05) is 19.1 Å². The van der Waals surface area contributed by atoms with E-state index in [4.69, 9.17) is 10.5 Å². The highest BCUT2D eigenvalue weighted by molar-refractivity contribution is 9.10. The van der Waals surface area contributed by atoms with Gasteiger partial charge in [0.15, 0.2) is 0 Å². The Hall–Kier alpha value is -0.340. The molecule has 5 nitrogen and oxygen atoms in total. The highest BCUT2D eigenvalue weighted by atomic mass is 79.9. The van der Waals surface area contributed by atoms with Crippen LogP contribution in [0.1, 0.15) is 19.8 Å². The van der Waals surface area contributed by atoms with Gasteiger partial charge in [-0.25, -0.2) is 8.42 Å². The van der Waals surface area contributed by atoms with Crippen molar-refractivity contribution in [2.45, 2.75) is 30.7 Å².